The molecule has 1 rings (SSSR count). The van der Waals surface area contributed by atoms with Crippen molar-refractivity contribution in [2.45, 2.75) is 18.6 Å². The van der Waals surface area contributed by atoms with E-state index in [2.05, 4.69) is 0 Å². The topological polar surface area (TPSA) is 34.1 Å². The highest BCUT2D eigenvalue weighted by Gasteiger charge is 2.54. The van der Waals surface area contributed by atoms with E-state index < -0.39 is 21.0 Å². The van der Waals surface area contributed by atoms with E-state index in [4.69, 9.17) is 0 Å². The number of halogens is 2. The van der Waals surface area contributed by atoms with Gasteiger partial charge < -0.3 is 0 Å². The predicted molar refractivity (Wildman–Crippen MR) is 32.5 cm³/mol. The Labute approximate surface area is 58.1 Å². The zero-order chi connectivity index (χ0) is 7.99. The van der Waals surface area contributed by atoms with Gasteiger partial charge in [-0.2, -0.15) is 8.78 Å². The smallest absolute Gasteiger partial charge is 0.223 e. The molecule has 1 unspecified atom stereocenters. The fourth-order valence-corrected chi connectivity index (χ4v) is 2.61. The summed E-state index contributed by atoms with van der Waals surface area (Å²) in [6.07, 6.45) is 0.0787. The van der Waals surface area contributed by atoms with Crippen molar-refractivity contribution in [1.29, 1.82) is 0 Å². The summed E-state index contributed by atoms with van der Waals surface area (Å²) in [5.41, 5.74) is 0. The van der Waals surface area contributed by atoms with E-state index in [1.54, 1.807) is 0 Å². The van der Waals surface area contributed by atoms with Crippen molar-refractivity contribution in [2.24, 2.45) is 5.92 Å². The summed E-state index contributed by atoms with van der Waals surface area (Å²) in [6.45, 7) is 1.25. The Balaban J connectivity index is 3.08. The minimum absolute atomic E-state index is 0.0787. The number of alkyl halides is 2. The van der Waals surface area contributed by atoms with E-state index in [1.807, 2.05) is 0 Å². The summed E-state index contributed by atoms with van der Waals surface area (Å²) in [7, 11) is -4.11. The van der Waals surface area contributed by atoms with Crippen LogP contribution in [0.1, 0.15) is 13.3 Å². The van der Waals surface area contributed by atoms with Gasteiger partial charge in [0.05, 0.1) is 5.75 Å². The number of hydrogen-bond donors (Lipinski definition) is 0. The van der Waals surface area contributed by atoms with Gasteiger partial charge in [-0.1, -0.05) is 6.92 Å². The Bertz CT molecular complexity index is 232. The molecule has 60 valence electrons. The van der Waals surface area contributed by atoms with Crippen LogP contribution in [0.4, 0.5) is 8.78 Å². The standard InChI is InChI=1S/C5H8F2O2S/c1-4-2-3-10(8,9)5(4,6)7/h4H,2-3H2,1H3. The second-order valence-corrected chi connectivity index (χ2v) is 4.75. The van der Waals surface area contributed by atoms with Gasteiger partial charge in [0.2, 0.25) is 9.84 Å². The molecule has 1 atom stereocenters. The van der Waals surface area contributed by atoms with Gasteiger partial charge in [0.25, 0.3) is 0 Å². The second-order valence-electron chi connectivity index (χ2n) is 2.57. The van der Waals surface area contributed by atoms with Crippen molar-refractivity contribution in [3.05, 3.63) is 0 Å². The summed E-state index contributed by atoms with van der Waals surface area (Å²) in [4.78, 5) is 0. The molecule has 0 aliphatic carbocycles. The van der Waals surface area contributed by atoms with Gasteiger partial charge in [0.1, 0.15) is 0 Å². The van der Waals surface area contributed by atoms with Crippen molar-refractivity contribution < 1.29 is 17.2 Å². The van der Waals surface area contributed by atoms with Crippen LogP contribution in [0.2, 0.25) is 0 Å². The maximum atomic E-state index is 12.5. The van der Waals surface area contributed by atoms with E-state index in [-0.39, 0.29) is 12.2 Å². The molecule has 0 bridgehead atoms. The zero-order valence-corrected chi connectivity index (χ0v) is 6.29. The van der Waals surface area contributed by atoms with E-state index in [9.17, 15) is 17.2 Å². The normalized spacial score (nSPS) is 36.1. The maximum absolute atomic E-state index is 12.5. The molecule has 1 aliphatic rings. The molecule has 0 aromatic heterocycles. The van der Waals surface area contributed by atoms with E-state index in [0.29, 0.717) is 0 Å². The first-order valence-electron chi connectivity index (χ1n) is 2.98. The third kappa shape index (κ3) is 0.836. The lowest BCUT2D eigenvalue weighted by molar-refractivity contribution is 0.0453. The summed E-state index contributed by atoms with van der Waals surface area (Å²) in [5.74, 6) is -1.39. The van der Waals surface area contributed by atoms with Gasteiger partial charge in [-0.3, -0.25) is 0 Å². The van der Waals surface area contributed by atoms with Crippen LogP contribution < -0.4 is 0 Å². The minimum atomic E-state index is -4.11. The maximum Gasteiger partial charge on any atom is 0.348 e. The molecule has 1 fully saturated rings. The van der Waals surface area contributed by atoms with Gasteiger partial charge >= 0.3 is 5.25 Å². The molecule has 1 aliphatic heterocycles. The first kappa shape index (κ1) is 7.91. The van der Waals surface area contributed by atoms with Crippen molar-refractivity contribution >= 4 is 9.84 Å². The third-order valence-electron chi connectivity index (χ3n) is 1.81. The van der Waals surface area contributed by atoms with Crippen LogP contribution >= 0.6 is 0 Å². The predicted octanol–water partition coefficient (Wildman–Crippen LogP) is 1.03. The molecule has 0 N–H and O–H groups in total. The van der Waals surface area contributed by atoms with Crippen molar-refractivity contribution in [3.8, 4) is 0 Å². The van der Waals surface area contributed by atoms with E-state index in [0.717, 1.165) is 0 Å². The molecule has 0 saturated carbocycles. The molecule has 0 spiro atoms. The lowest BCUT2D eigenvalue weighted by Crippen LogP contribution is -2.28. The Morgan fingerprint density at radius 1 is 1.50 bits per heavy atom. The molecular formula is C5H8F2O2S. The van der Waals surface area contributed by atoms with Crippen LogP contribution in [0.15, 0.2) is 0 Å². The number of rotatable bonds is 0. The minimum Gasteiger partial charge on any atom is -0.223 e. The largest absolute Gasteiger partial charge is 0.348 e. The fourth-order valence-electron chi connectivity index (χ4n) is 0.943. The van der Waals surface area contributed by atoms with Gasteiger partial charge in [-0.05, 0) is 6.42 Å². The quantitative estimate of drug-likeness (QED) is 0.544. The average molecular weight is 170 g/mol. The third-order valence-corrected chi connectivity index (χ3v) is 3.81. The summed E-state index contributed by atoms with van der Waals surface area (Å²) < 4.78 is 46.1. The lowest BCUT2D eigenvalue weighted by Gasteiger charge is -2.11. The van der Waals surface area contributed by atoms with E-state index in [1.165, 1.54) is 6.92 Å². The van der Waals surface area contributed by atoms with Crippen LogP contribution in [-0.2, 0) is 9.84 Å². The highest BCUT2D eigenvalue weighted by atomic mass is 32.2. The molecule has 10 heavy (non-hydrogen) atoms. The number of sulfone groups is 1. The highest BCUT2D eigenvalue weighted by molar-refractivity contribution is 7.92. The van der Waals surface area contributed by atoms with Crippen molar-refractivity contribution in [3.63, 3.8) is 0 Å². The van der Waals surface area contributed by atoms with Crippen molar-refractivity contribution in [1.82, 2.24) is 0 Å². The lowest BCUT2D eigenvalue weighted by atomic mass is 10.1. The van der Waals surface area contributed by atoms with Gasteiger partial charge in [0, 0.05) is 5.92 Å². The van der Waals surface area contributed by atoms with Crippen LogP contribution in [-0.4, -0.2) is 19.4 Å². The Morgan fingerprint density at radius 3 is 2.10 bits per heavy atom. The molecule has 0 aromatic rings. The zero-order valence-electron chi connectivity index (χ0n) is 5.47. The molecule has 0 aromatic carbocycles. The molecular weight excluding hydrogens is 162 g/mol. The fraction of sp³-hybridized carbons (Fsp3) is 1.00. The Hall–Kier alpha value is -0.190. The van der Waals surface area contributed by atoms with Gasteiger partial charge in [-0.15, -0.1) is 0 Å². The molecule has 0 amide bonds. The van der Waals surface area contributed by atoms with Gasteiger partial charge in [0.15, 0.2) is 0 Å². The Morgan fingerprint density at radius 2 is 2.00 bits per heavy atom. The SMILES string of the molecule is CC1CCS(=O)(=O)C1(F)F. The molecule has 1 saturated heterocycles. The van der Waals surface area contributed by atoms with Crippen LogP contribution in [0.5, 0.6) is 0 Å². The first-order valence-corrected chi connectivity index (χ1v) is 4.63. The average Bonchev–Trinajstić information content (AvgIpc) is 1.94. The Kier molecular flexibility index (Phi) is 1.50. The molecule has 2 nitrogen and oxygen atoms in total. The second kappa shape index (κ2) is 1.90. The number of hydrogen-bond acceptors (Lipinski definition) is 2. The monoisotopic (exact) mass is 170 g/mol. The van der Waals surface area contributed by atoms with Crippen LogP contribution in [0.3, 0.4) is 0 Å². The van der Waals surface area contributed by atoms with Crippen LogP contribution in [0, 0.1) is 5.92 Å². The van der Waals surface area contributed by atoms with Gasteiger partial charge in [-0.25, -0.2) is 8.42 Å². The summed E-state index contributed by atoms with van der Waals surface area (Å²) >= 11 is 0. The highest BCUT2D eigenvalue weighted by Crippen LogP contribution is 2.39. The summed E-state index contributed by atoms with van der Waals surface area (Å²) in [6, 6.07) is 0. The molecule has 5 heteroatoms. The van der Waals surface area contributed by atoms with Crippen molar-refractivity contribution in [2.75, 3.05) is 5.75 Å². The molecule has 0 radical (unpaired) electrons. The summed E-state index contributed by atoms with van der Waals surface area (Å²) in [5, 5.41) is -3.48. The first-order chi connectivity index (χ1) is 4.38. The van der Waals surface area contributed by atoms with Crippen LogP contribution in [0.25, 0.3) is 0 Å². The van der Waals surface area contributed by atoms with E-state index >= 15 is 0 Å². The molecule has 1 heterocycles.